The van der Waals surface area contributed by atoms with Crippen molar-refractivity contribution in [2.75, 3.05) is 43.9 Å². The molecule has 0 unspecified atom stereocenters. The number of nitrogens with one attached hydrogen (secondary N) is 3. The molecule has 3 heterocycles. The van der Waals surface area contributed by atoms with Gasteiger partial charge in [0.2, 0.25) is 0 Å². The number of hydrogen-bond donors (Lipinski definition) is 3. The molecular weight excluding hydrogens is 428 g/mol. The van der Waals surface area contributed by atoms with E-state index in [1.165, 1.54) is 31.2 Å². The van der Waals surface area contributed by atoms with Crippen LogP contribution >= 0.6 is 0 Å². The summed E-state index contributed by atoms with van der Waals surface area (Å²) in [6.07, 6.45) is 8.03. The lowest BCUT2D eigenvalue weighted by Crippen LogP contribution is -2.43. The minimum Gasteiger partial charge on any atom is -0.337 e. The Kier molecular flexibility index (Phi) is 6.82. The highest BCUT2D eigenvalue weighted by Gasteiger charge is 2.20. The van der Waals surface area contributed by atoms with Crippen molar-refractivity contribution in [3.8, 4) is 0 Å². The number of benzene rings is 1. The third-order valence-corrected chi connectivity index (χ3v) is 6.80. The molecule has 2 aliphatic rings. The molecule has 3 aromatic rings. The van der Waals surface area contributed by atoms with Crippen LogP contribution in [0.3, 0.4) is 0 Å². The van der Waals surface area contributed by atoms with E-state index in [2.05, 4.69) is 59.8 Å². The highest BCUT2D eigenvalue weighted by Crippen LogP contribution is 2.33. The molecule has 0 atom stereocenters. The van der Waals surface area contributed by atoms with Gasteiger partial charge in [0.15, 0.2) is 0 Å². The number of carbonyl (C=O) groups is 1. The first-order valence-corrected chi connectivity index (χ1v) is 12.1. The van der Waals surface area contributed by atoms with Gasteiger partial charge in [0.1, 0.15) is 17.8 Å². The van der Waals surface area contributed by atoms with Gasteiger partial charge in [0.25, 0.3) is 5.91 Å². The smallest absolute Gasteiger partial charge is 0.275 e. The molecular formula is C25H32N8O. The summed E-state index contributed by atoms with van der Waals surface area (Å²) in [6, 6.07) is 10.0. The van der Waals surface area contributed by atoms with Crippen molar-refractivity contribution in [1.82, 2.24) is 30.0 Å². The topological polar surface area (TPSA) is 102 Å². The van der Waals surface area contributed by atoms with Gasteiger partial charge in [-0.1, -0.05) is 25.0 Å². The van der Waals surface area contributed by atoms with Gasteiger partial charge in [-0.05, 0) is 37.6 Å². The summed E-state index contributed by atoms with van der Waals surface area (Å²) in [7, 11) is 2.16. The summed E-state index contributed by atoms with van der Waals surface area (Å²) < 4.78 is 0. The fraction of sp³-hybridized carbons (Fsp3) is 0.440. The highest BCUT2D eigenvalue weighted by atomic mass is 16.2. The SMILES string of the molecule is CN1CCN(Cc2ccc(NC(=O)c3[nH]ncc3Nc3cc(C4CCCC4)ncn3)cc2)CC1. The molecule has 9 heteroatoms. The number of aromatic nitrogens is 4. The number of carbonyl (C=O) groups excluding carboxylic acids is 1. The second kappa shape index (κ2) is 10.3. The minimum absolute atomic E-state index is 0.253. The molecule has 1 aliphatic heterocycles. The number of nitrogens with zero attached hydrogens (tertiary/aromatic N) is 5. The minimum atomic E-state index is -0.253. The summed E-state index contributed by atoms with van der Waals surface area (Å²) in [6.45, 7) is 5.30. The number of piperazine rings is 1. The van der Waals surface area contributed by atoms with Crippen LogP contribution in [-0.2, 0) is 6.54 Å². The van der Waals surface area contributed by atoms with E-state index in [0.717, 1.165) is 44.1 Å². The Morgan fingerprint density at radius 3 is 2.62 bits per heavy atom. The van der Waals surface area contributed by atoms with Crippen LogP contribution in [-0.4, -0.2) is 69.1 Å². The van der Waals surface area contributed by atoms with Gasteiger partial charge in [-0.15, -0.1) is 0 Å². The largest absolute Gasteiger partial charge is 0.337 e. The summed E-state index contributed by atoms with van der Waals surface area (Å²) in [4.78, 5) is 26.5. The lowest BCUT2D eigenvalue weighted by atomic mass is 10.0. The Morgan fingerprint density at radius 2 is 1.85 bits per heavy atom. The van der Waals surface area contributed by atoms with Gasteiger partial charge >= 0.3 is 0 Å². The number of H-pyrrole nitrogens is 1. The third kappa shape index (κ3) is 5.43. The standard InChI is InChI=1S/C25H32N8O/c1-32-10-12-33(13-11-32)16-18-6-8-20(9-7-18)29-25(34)24-22(15-28-31-24)30-23-14-21(26-17-27-23)19-4-2-3-5-19/h6-9,14-15,17,19H,2-5,10-13,16H2,1H3,(H,28,31)(H,29,34)(H,26,27,30). The van der Waals surface area contributed by atoms with Crippen molar-refractivity contribution in [2.24, 2.45) is 0 Å². The maximum absolute atomic E-state index is 12.9. The highest BCUT2D eigenvalue weighted by molar-refractivity contribution is 6.06. The summed E-state index contributed by atoms with van der Waals surface area (Å²) in [5, 5.41) is 13.1. The first-order chi connectivity index (χ1) is 16.6. The van der Waals surface area contributed by atoms with Gasteiger partial charge in [-0.25, -0.2) is 9.97 Å². The van der Waals surface area contributed by atoms with Crippen molar-refractivity contribution in [2.45, 2.75) is 38.1 Å². The summed E-state index contributed by atoms with van der Waals surface area (Å²) in [5.74, 6) is 0.910. The van der Waals surface area contributed by atoms with Crippen LogP contribution in [0.5, 0.6) is 0 Å². The number of hydrogen-bond acceptors (Lipinski definition) is 7. The molecule has 1 saturated carbocycles. The number of aromatic amines is 1. The van der Waals surface area contributed by atoms with Crippen molar-refractivity contribution >= 4 is 23.1 Å². The van der Waals surface area contributed by atoms with E-state index in [-0.39, 0.29) is 5.91 Å². The first-order valence-electron chi connectivity index (χ1n) is 12.1. The van der Waals surface area contributed by atoms with Crippen LogP contribution in [0, 0.1) is 0 Å². The average molecular weight is 461 g/mol. The molecule has 5 rings (SSSR count). The average Bonchev–Trinajstić information content (AvgIpc) is 3.55. The molecule has 2 aromatic heterocycles. The number of rotatable bonds is 7. The van der Waals surface area contributed by atoms with E-state index in [9.17, 15) is 4.79 Å². The normalized spacial score (nSPS) is 17.7. The number of amides is 1. The zero-order valence-corrected chi connectivity index (χ0v) is 19.6. The number of likely N-dealkylation sites (N-methyl/N-ethyl adjacent to an activating group) is 1. The Morgan fingerprint density at radius 1 is 1.09 bits per heavy atom. The van der Waals surface area contributed by atoms with E-state index < -0.39 is 0 Å². The van der Waals surface area contributed by atoms with Crippen molar-refractivity contribution in [3.05, 3.63) is 59.8 Å². The molecule has 1 aromatic carbocycles. The molecule has 9 nitrogen and oxygen atoms in total. The van der Waals surface area contributed by atoms with E-state index in [0.29, 0.717) is 23.1 Å². The second-order valence-electron chi connectivity index (χ2n) is 9.32. The zero-order chi connectivity index (χ0) is 23.3. The van der Waals surface area contributed by atoms with Crippen LogP contribution in [0.4, 0.5) is 17.2 Å². The van der Waals surface area contributed by atoms with E-state index >= 15 is 0 Å². The quantitative estimate of drug-likeness (QED) is 0.495. The van der Waals surface area contributed by atoms with E-state index in [1.807, 2.05) is 18.2 Å². The molecule has 0 radical (unpaired) electrons. The maximum atomic E-state index is 12.9. The lowest BCUT2D eigenvalue weighted by Gasteiger charge is -2.32. The van der Waals surface area contributed by atoms with Crippen LogP contribution in [0.25, 0.3) is 0 Å². The Hall–Kier alpha value is -3.30. The Bertz CT molecular complexity index is 1100. The van der Waals surface area contributed by atoms with E-state index in [4.69, 9.17) is 0 Å². The zero-order valence-electron chi connectivity index (χ0n) is 19.6. The van der Waals surface area contributed by atoms with Crippen LogP contribution in [0.2, 0.25) is 0 Å². The molecule has 2 fully saturated rings. The van der Waals surface area contributed by atoms with Crippen molar-refractivity contribution in [3.63, 3.8) is 0 Å². The Labute approximate surface area is 200 Å². The fourth-order valence-electron chi connectivity index (χ4n) is 4.73. The number of anilines is 3. The lowest BCUT2D eigenvalue weighted by molar-refractivity contribution is 0.102. The molecule has 3 N–H and O–H groups in total. The molecule has 0 bridgehead atoms. The predicted molar refractivity (Wildman–Crippen MR) is 132 cm³/mol. The van der Waals surface area contributed by atoms with Gasteiger partial charge in [-0.2, -0.15) is 5.10 Å². The molecule has 178 valence electrons. The Balaban J connectivity index is 1.20. The second-order valence-corrected chi connectivity index (χ2v) is 9.32. The molecule has 34 heavy (non-hydrogen) atoms. The maximum Gasteiger partial charge on any atom is 0.275 e. The fourth-order valence-corrected chi connectivity index (χ4v) is 4.73. The van der Waals surface area contributed by atoms with Crippen LogP contribution < -0.4 is 10.6 Å². The third-order valence-electron chi connectivity index (χ3n) is 6.80. The van der Waals surface area contributed by atoms with E-state index in [1.54, 1.807) is 12.5 Å². The molecule has 0 spiro atoms. The predicted octanol–water partition coefficient (Wildman–Crippen LogP) is 3.60. The van der Waals surface area contributed by atoms with Crippen molar-refractivity contribution < 1.29 is 4.79 Å². The van der Waals surface area contributed by atoms with Gasteiger partial charge < -0.3 is 15.5 Å². The van der Waals surface area contributed by atoms with Crippen LogP contribution in [0.1, 0.15) is 53.3 Å². The van der Waals surface area contributed by atoms with Crippen molar-refractivity contribution in [1.29, 1.82) is 0 Å². The molecule has 1 saturated heterocycles. The first kappa shape index (κ1) is 22.5. The summed E-state index contributed by atoms with van der Waals surface area (Å²) in [5.41, 5.74) is 4.00. The monoisotopic (exact) mass is 460 g/mol. The molecule has 1 amide bonds. The van der Waals surface area contributed by atoms with Gasteiger partial charge in [0.05, 0.1) is 11.9 Å². The van der Waals surface area contributed by atoms with Gasteiger partial charge in [0, 0.05) is 56.1 Å². The van der Waals surface area contributed by atoms with Crippen LogP contribution in [0.15, 0.2) is 42.9 Å². The van der Waals surface area contributed by atoms with Gasteiger partial charge in [-0.3, -0.25) is 14.8 Å². The summed E-state index contributed by atoms with van der Waals surface area (Å²) >= 11 is 0. The molecule has 1 aliphatic carbocycles.